The third kappa shape index (κ3) is 4.79. The van der Waals surface area contributed by atoms with Gasteiger partial charge in [-0.1, -0.05) is 30.3 Å². The fourth-order valence-electron chi connectivity index (χ4n) is 3.88. The lowest BCUT2D eigenvalue weighted by atomic mass is 10.1. The van der Waals surface area contributed by atoms with Crippen LogP contribution in [0.4, 0.5) is 4.79 Å². The van der Waals surface area contributed by atoms with Gasteiger partial charge in [-0.05, 0) is 25.8 Å². The standard InChI is InChI=1S/C22H31N5O2/c1-17(19-14-20(25-24-19)18-6-4-3-5-7-18)26(2)21(28)23-15-22(8-9-22)16-27-10-12-29-13-11-27/h3-7,14,17H,8-13,15-16H2,1-2H3,(H,23,28)(H,24,25)/t17-/m1/s1. The molecule has 1 atom stereocenters. The van der Waals surface area contributed by atoms with E-state index in [0.29, 0.717) is 0 Å². The maximum absolute atomic E-state index is 12.7. The molecule has 2 heterocycles. The van der Waals surface area contributed by atoms with Crippen LogP contribution in [0.15, 0.2) is 36.4 Å². The van der Waals surface area contributed by atoms with Crippen molar-refractivity contribution in [1.29, 1.82) is 0 Å². The van der Waals surface area contributed by atoms with Gasteiger partial charge < -0.3 is 15.0 Å². The van der Waals surface area contributed by atoms with Crippen LogP contribution in [-0.2, 0) is 4.74 Å². The van der Waals surface area contributed by atoms with Gasteiger partial charge in [-0.3, -0.25) is 10.00 Å². The summed E-state index contributed by atoms with van der Waals surface area (Å²) in [5.74, 6) is 0. The van der Waals surface area contributed by atoms with E-state index in [1.807, 2.05) is 50.4 Å². The molecule has 0 spiro atoms. The number of amides is 2. The van der Waals surface area contributed by atoms with E-state index in [9.17, 15) is 4.79 Å². The number of aromatic amines is 1. The van der Waals surface area contributed by atoms with Gasteiger partial charge in [0.25, 0.3) is 0 Å². The zero-order chi connectivity index (χ0) is 20.3. The highest BCUT2D eigenvalue weighted by Crippen LogP contribution is 2.45. The van der Waals surface area contributed by atoms with Gasteiger partial charge in [-0.25, -0.2) is 4.79 Å². The van der Waals surface area contributed by atoms with E-state index in [2.05, 4.69) is 20.4 Å². The molecule has 4 rings (SSSR count). The largest absolute Gasteiger partial charge is 0.379 e. The highest BCUT2D eigenvalue weighted by molar-refractivity contribution is 5.74. The number of hydrogen-bond acceptors (Lipinski definition) is 4. The molecule has 1 saturated carbocycles. The van der Waals surface area contributed by atoms with Crippen LogP contribution in [0.3, 0.4) is 0 Å². The van der Waals surface area contributed by atoms with E-state index in [4.69, 9.17) is 4.74 Å². The predicted molar refractivity (Wildman–Crippen MR) is 113 cm³/mol. The van der Waals surface area contributed by atoms with Crippen LogP contribution in [0, 0.1) is 5.41 Å². The number of carbonyl (C=O) groups excluding carboxylic acids is 1. The Morgan fingerprint density at radius 2 is 2.03 bits per heavy atom. The van der Waals surface area contributed by atoms with E-state index in [1.54, 1.807) is 4.90 Å². The van der Waals surface area contributed by atoms with E-state index in [0.717, 1.165) is 56.3 Å². The third-order valence-corrected chi connectivity index (χ3v) is 6.25. The molecule has 2 aliphatic rings. The van der Waals surface area contributed by atoms with E-state index < -0.39 is 0 Å². The van der Waals surface area contributed by atoms with Crippen LogP contribution in [0.5, 0.6) is 0 Å². The normalized spacial score (nSPS) is 19.5. The molecule has 1 saturated heterocycles. The van der Waals surface area contributed by atoms with Gasteiger partial charge in [0.2, 0.25) is 0 Å². The van der Waals surface area contributed by atoms with Crippen molar-refractivity contribution in [1.82, 2.24) is 25.3 Å². The van der Waals surface area contributed by atoms with Crippen molar-refractivity contribution in [3.05, 3.63) is 42.1 Å². The molecule has 2 aromatic rings. The topological polar surface area (TPSA) is 73.5 Å². The molecule has 0 bridgehead atoms. The fourth-order valence-corrected chi connectivity index (χ4v) is 3.88. The second kappa shape index (κ2) is 8.55. The van der Waals surface area contributed by atoms with Crippen LogP contribution in [0.1, 0.15) is 31.5 Å². The zero-order valence-corrected chi connectivity index (χ0v) is 17.4. The summed E-state index contributed by atoms with van der Waals surface area (Å²) < 4.78 is 5.44. The first-order valence-corrected chi connectivity index (χ1v) is 10.5. The summed E-state index contributed by atoms with van der Waals surface area (Å²) in [4.78, 5) is 17.0. The Labute approximate surface area is 172 Å². The Hall–Kier alpha value is -2.38. The summed E-state index contributed by atoms with van der Waals surface area (Å²) in [7, 11) is 1.84. The molecule has 1 aliphatic carbocycles. The summed E-state index contributed by atoms with van der Waals surface area (Å²) in [5, 5.41) is 10.7. The Balaban J connectivity index is 1.30. The second-order valence-corrected chi connectivity index (χ2v) is 8.41. The highest BCUT2D eigenvalue weighted by atomic mass is 16.5. The number of nitrogens with one attached hydrogen (secondary N) is 2. The molecule has 1 aliphatic heterocycles. The Bertz CT molecular complexity index is 812. The highest BCUT2D eigenvalue weighted by Gasteiger charge is 2.44. The fraction of sp³-hybridized carbons (Fsp3) is 0.545. The molecule has 156 valence electrons. The van der Waals surface area contributed by atoms with Crippen molar-refractivity contribution in [2.75, 3.05) is 46.4 Å². The maximum atomic E-state index is 12.7. The van der Waals surface area contributed by atoms with Crippen LogP contribution in [0.25, 0.3) is 11.3 Å². The quantitative estimate of drug-likeness (QED) is 0.753. The maximum Gasteiger partial charge on any atom is 0.317 e. The van der Waals surface area contributed by atoms with Crippen molar-refractivity contribution < 1.29 is 9.53 Å². The minimum atomic E-state index is -0.0886. The smallest absolute Gasteiger partial charge is 0.317 e. The molecule has 7 heteroatoms. The van der Waals surface area contributed by atoms with Gasteiger partial charge in [-0.15, -0.1) is 0 Å². The van der Waals surface area contributed by atoms with E-state index in [-0.39, 0.29) is 17.5 Å². The van der Waals surface area contributed by atoms with Gasteiger partial charge in [0.15, 0.2) is 0 Å². The molecule has 1 aromatic carbocycles. The number of morpholine rings is 1. The molecule has 29 heavy (non-hydrogen) atoms. The van der Waals surface area contributed by atoms with Gasteiger partial charge in [0, 0.05) is 44.2 Å². The summed E-state index contributed by atoms with van der Waals surface area (Å²) >= 11 is 0. The lowest BCUT2D eigenvalue weighted by molar-refractivity contribution is 0.0284. The molecular weight excluding hydrogens is 366 g/mol. The van der Waals surface area contributed by atoms with Crippen molar-refractivity contribution in [2.45, 2.75) is 25.8 Å². The number of benzene rings is 1. The third-order valence-electron chi connectivity index (χ3n) is 6.25. The molecular formula is C22H31N5O2. The zero-order valence-electron chi connectivity index (χ0n) is 17.4. The predicted octanol–water partition coefficient (Wildman–Crippen LogP) is 2.89. The Morgan fingerprint density at radius 3 is 2.72 bits per heavy atom. The molecule has 2 N–H and O–H groups in total. The molecule has 2 amide bonds. The molecule has 2 fully saturated rings. The number of nitrogens with zero attached hydrogens (tertiary/aromatic N) is 3. The lowest BCUT2D eigenvalue weighted by Crippen LogP contribution is -2.45. The summed E-state index contributed by atoms with van der Waals surface area (Å²) in [6.45, 7) is 7.43. The number of carbonyl (C=O) groups is 1. The van der Waals surface area contributed by atoms with Crippen LogP contribution in [-0.4, -0.2) is 72.5 Å². The van der Waals surface area contributed by atoms with Crippen LogP contribution in [0.2, 0.25) is 0 Å². The Kier molecular flexibility index (Phi) is 5.87. The van der Waals surface area contributed by atoms with Crippen LogP contribution >= 0.6 is 0 Å². The summed E-state index contributed by atoms with van der Waals surface area (Å²) in [5.41, 5.74) is 3.12. The van der Waals surface area contributed by atoms with Gasteiger partial charge in [0.05, 0.1) is 30.6 Å². The number of H-pyrrole nitrogens is 1. The second-order valence-electron chi connectivity index (χ2n) is 8.41. The van der Waals surface area contributed by atoms with Crippen molar-refractivity contribution >= 4 is 6.03 Å². The average molecular weight is 398 g/mol. The molecule has 0 radical (unpaired) electrons. The summed E-state index contributed by atoms with van der Waals surface area (Å²) in [6, 6.07) is 11.9. The molecule has 1 aromatic heterocycles. The molecule has 7 nitrogen and oxygen atoms in total. The molecule has 0 unspecified atom stereocenters. The first-order chi connectivity index (χ1) is 14.1. The minimum Gasteiger partial charge on any atom is -0.379 e. The average Bonchev–Trinajstić information content (AvgIpc) is 3.34. The van der Waals surface area contributed by atoms with Crippen molar-refractivity contribution in [3.63, 3.8) is 0 Å². The number of urea groups is 1. The van der Waals surface area contributed by atoms with Crippen molar-refractivity contribution in [3.8, 4) is 11.3 Å². The van der Waals surface area contributed by atoms with Gasteiger partial charge in [-0.2, -0.15) is 5.10 Å². The number of ether oxygens (including phenoxy) is 1. The first kappa shape index (κ1) is 19.9. The van der Waals surface area contributed by atoms with Gasteiger partial charge in [0.1, 0.15) is 0 Å². The Morgan fingerprint density at radius 1 is 1.31 bits per heavy atom. The summed E-state index contributed by atoms with van der Waals surface area (Å²) in [6.07, 6.45) is 2.37. The minimum absolute atomic E-state index is 0.0402. The number of rotatable bonds is 7. The number of aromatic nitrogens is 2. The first-order valence-electron chi connectivity index (χ1n) is 10.5. The van der Waals surface area contributed by atoms with E-state index in [1.165, 1.54) is 12.8 Å². The SMILES string of the molecule is C[C@H](c1cc(-c2ccccc2)n[nH]1)N(C)C(=O)NCC1(CN2CCOCC2)CC1. The van der Waals surface area contributed by atoms with Crippen LogP contribution < -0.4 is 5.32 Å². The van der Waals surface area contributed by atoms with E-state index >= 15 is 0 Å². The monoisotopic (exact) mass is 397 g/mol. The lowest BCUT2D eigenvalue weighted by Gasteiger charge is -2.31. The van der Waals surface area contributed by atoms with Crippen molar-refractivity contribution in [2.24, 2.45) is 5.41 Å². The van der Waals surface area contributed by atoms with Gasteiger partial charge >= 0.3 is 6.03 Å². The number of hydrogen-bond donors (Lipinski definition) is 2.